The molecule has 0 spiro atoms. The van der Waals surface area contributed by atoms with E-state index in [0.29, 0.717) is 6.04 Å². The van der Waals surface area contributed by atoms with E-state index in [9.17, 15) is 0 Å². The van der Waals surface area contributed by atoms with Crippen LogP contribution in [0.15, 0.2) is 0 Å². The normalized spacial score (nSPS) is 15.9. The number of aryl methyl sites for hydroxylation is 1. The Balaban J connectivity index is 2.20. The number of aliphatic hydroxyl groups excluding tert-OH is 1. The van der Waals surface area contributed by atoms with Gasteiger partial charge in [0.05, 0.1) is 17.2 Å². The fraction of sp³-hybridized carbons (Fsp3) is 0.700. The van der Waals surface area contributed by atoms with Gasteiger partial charge in [0.1, 0.15) is 0 Å². The molecule has 4 heteroatoms. The van der Waals surface area contributed by atoms with Crippen LogP contribution in [0.2, 0.25) is 0 Å². The zero-order valence-corrected chi connectivity index (χ0v) is 9.47. The van der Waals surface area contributed by atoms with Crippen LogP contribution in [0.1, 0.15) is 30.3 Å². The number of thiazole rings is 1. The number of hydrogen-bond donors (Lipinski definition) is 1. The number of rotatable bonds is 4. The molecule has 2 rings (SSSR count). The van der Waals surface area contributed by atoms with Crippen LogP contribution < -0.4 is 4.90 Å². The third-order valence-electron chi connectivity index (χ3n) is 2.60. The second kappa shape index (κ2) is 3.87. The largest absolute Gasteiger partial charge is 0.391 e. The van der Waals surface area contributed by atoms with Crippen LogP contribution in [-0.4, -0.2) is 22.7 Å². The highest BCUT2D eigenvalue weighted by molar-refractivity contribution is 7.15. The summed E-state index contributed by atoms with van der Waals surface area (Å²) in [5.41, 5.74) is 0.978. The van der Waals surface area contributed by atoms with E-state index in [1.54, 1.807) is 11.3 Å². The van der Waals surface area contributed by atoms with Crippen molar-refractivity contribution >= 4 is 16.5 Å². The van der Waals surface area contributed by atoms with Crippen LogP contribution in [-0.2, 0) is 6.61 Å². The van der Waals surface area contributed by atoms with Crippen LogP contribution in [0.3, 0.4) is 0 Å². The predicted octanol–water partition coefficient (Wildman–Crippen LogP) is 1.93. The van der Waals surface area contributed by atoms with Crippen LogP contribution in [0.25, 0.3) is 0 Å². The number of anilines is 1. The van der Waals surface area contributed by atoms with Gasteiger partial charge < -0.3 is 10.0 Å². The summed E-state index contributed by atoms with van der Waals surface area (Å²) in [7, 11) is 0. The Morgan fingerprint density at radius 3 is 2.71 bits per heavy atom. The van der Waals surface area contributed by atoms with Crippen molar-refractivity contribution in [2.45, 2.75) is 39.3 Å². The molecule has 0 aromatic carbocycles. The van der Waals surface area contributed by atoms with E-state index in [2.05, 4.69) is 16.8 Å². The molecule has 14 heavy (non-hydrogen) atoms. The van der Waals surface area contributed by atoms with Crippen molar-refractivity contribution < 1.29 is 5.11 Å². The summed E-state index contributed by atoms with van der Waals surface area (Å²) in [6.07, 6.45) is 2.59. The Bertz CT molecular complexity index is 320. The minimum absolute atomic E-state index is 0.117. The highest BCUT2D eigenvalue weighted by Gasteiger charge is 2.30. The fourth-order valence-corrected chi connectivity index (χ4v) is 2.67. The van der Waals surface area contributed by atoms with Gasteiger partial charge in [-0.1, -0.05) is 11.3 Å². The second-order valence-corrected chi connectivity index (χ2v) is 4.74. The lowest BCUT2D eigenvalue weighted by Gasteiger charge is -2.18. The van der Waals surface area contributed by atoms with Gasteiger partial charge >= 0.3 is 0 Å². The van der Waals surface area contributed by atoms with Gasteiger partial charge in [0, 0.05) is 12.6 Å². The SMILES string of the molecule is CCN(c1nc(C)c(CO)s1)C1CC1. The summed E-state index contributed by atoms with van der Waals surface area (Å²) < 4.78 is 0. The Kier molecular flexibility index (Phi) is 2.74. The van der Waals surface area contributed by atoms with E-state index >= 15 is 0 Å². The first-order chi connectivity index (χ1) is 6.76. The summed E-state index contributed by atoms with van der Waals surface area (Å²) in [5.74, 6) is 0. The van der Waals surface area contributed by atoms with Gasteiger partial charge in [0.2, 0.25) is 0 Å². The Hall–Kier alpha value is -0.610. The summed E-state index contributed by atoms with van der Waals surface area (Å²) in [5, 5.41) is 10.2. The maximum Gasteiger partial charge on any atom is 0.186 e. The number of hydrogen-bond acceptors (Lipinski definition) is 4. The molecule has 0 bridgehead atoms. The molecule has 78 valence electrons. The quantitative estimate of drug-likeness (QED) is 0.828. The van der Waals surface area contributed by atoms with Crippen molar-refractivity contribution in [1.29, 1.82) is 0 Å². The van der Waals surface area contributed by atoms with E-state index in [-0.39, 0.29) is 6.61 Å². The zero-order chi connectivity index (χ0) is 10.1. The molecular weight excluding hydrogens is 196 g/mol. The van der Waals surface area contributed by atoms with E-state index < -0.39 is 0 Å². The second-order valence-electron chi connectivity index (χ2n) is 3.68. The molecule has 1 fully saturated rings. The molecule has 1 aliphatic rings. The monoisotopic (exact) mass is 212 g/mol. The highest BCUT2D eigenvalue weighted by atomic mass is 32.1. The first kappa shape index (κ1) is 9.93. The molecule has 1 aliphatic carbocycles. The zero-order valence-electron chi connectivity index (χ0n) is 8.66. The summed E-state index contributed by atoms with van der Waals surface area (Å²) in [4.78, 5) is 7.84. The van der Waals surface area contributed by atoms with Crippen molar-refractivity contribution in [2.75, 3.05) is 11.4 Å². The molecule has 0 atom stereocenters. The molecule has 1 heterocycles. The minimum Gasteiger partial charge on any atom is -0.391 e. The third-order valence-corrected chi connectivity index (χ3v) is 3.78. The maximum atomic E-state index is 9.09. The molecular formula is C10H16N2OS. The molecule has 0 saturated heterocycles. The molecule has 0 unspecified atom stereocenters. The lowest BCUT2D eigenvalue weighted by atomic mass is 10.4. The van der Waals surface area contributed by atoms with Crippen LogP contribution in [0.5, 0.6) is 0 Å². The topological polar surface area (TPSA) is 36.4 Å². The fourth-order valence-electron chi connectivity index (χ4n) is 1.62. The van der Waals surface area contributed by atoms with Crippen molar-refractivity contribution in [2.24, 2.45) is 0 Å². The molecule has 3 nitrogen and oxygen atoms in total. The number of aliphatic hydroxyl groups is 1. The summed E-state index contributed by atoms with van der Waals surface area (Å²) >= 11 is 1.63. The minimum atomic E-state index is 0.117. The molecule has 0 radical (unpaired) electrons. The Labute approximate surface area is 88.4 Å². The molecule has 1 aromatic rings. The summed E-state index contributed by atoms with van der Waals surface area (Å²) in [6, 6.07) is 0.706. The third kappa shape index (κ3) is 1.77. The van der Waals surface area contributed by atoms with Crippen LogP contribution >= 0.6 is 11.3 Å². The Morgan fingerprint density at radius 2 is 2.29 bits per heavy atom. The predicted molar refractivity (Wildman–Crippen MR) is 58.8 cm³/mol. The van der Waals surface area contributed by atoms with Crippen LogP contribution in [0, 0.1) is 6.92 Å². The highest BCUT2D eigenvalue weighted by Crippen LogP contribution is 2.34. The van der Waals surface area contributed by atoms with Crippen molar-refractivity contribution in [1.82, 2.24) is 4.98 Å². The molecule has 0 aliphatic heterocycles. The lowest BCUT2D eigenvalue weighted by Crippen LogP contribution is -2.24. The van der Waals surface area contributed by atoms with E-state index in [4.69, 9.17) is 5.11 Å². The molecule has 1 saturated carbocycles. The van der Waals surface area contributed by atoms with E-state index in [1.807, 2.05) is 6.92 Å². The van der Waals surface area contributed by atoms with Gasteiger partial charge in [-0.25, -0.2) is 4.98 Å². The summed E-state index contributed by atoms with van der Waals surface area (Å²) in [6.45, 7) is 5.26. The van der Waals surface area contributed by atoms with Gasteiger partial charge in [-0.05, 0) is 26.7 Å². The number of aromatic nitrogens is 1. The van der Waals surface area contributed by atoms with E-state index in [1.165, 1.54) is 12.8 Å². The first-order valence-electron chi connectivity index (χ1n) is 5.10. The number of nitrogens with zero attached hydrogens (tertiary/aromatic N) is 2. The Morgan fingerprint density at radius 1 is 1.57 bits per heavy atom. The van der Waals surface area contributed by atoms with Gasteiger partial charge in [-0.15, -0.1) is 0 Å². The standard InChI is InChI=1S/C10H16N2OS/c1-3-12(8-4-5-8)10-11-7(2)9(6-13)14-10/h8,13H,3-6H2,1-2H3. The van der Waals surface area contributed by atoms with Crippen molar-refractivity contribution in [3.05, 3.63) is 10.6 Å². The average Bonchev–Trinajstić information content (AvgIpc) is 2.92. The molecule has 1 N–H and O–H groups in total. The lowest BCUT2D eigenvalue weighted by molar-refractivity contribution is 0.284. The van der Waals surface area contributed by atoms with Crippen LogP contribution in [0.4, 0.5) is 5.13 Å². The van der Waals surface area contributed by atoms with Gasteiger partial charge in [0.15, 0.2) is 5.13 Å². The molecule has 1 aromatic heterocycles. The van der Waals surface area contributed by atoms with E-state index in [0.717, 1.165) is 22.2 Å². The first-order valence-corrected chi connectivity index (χ1v) is 5.91. The smallest absolute Gasteiger partial charge is 0.186 e. The average molecular weight is 212 g/mol. The van der Waals surface area contributed by atoms with Gasteiger partial charge in [0.25, 0.3) is 0 Å². The van der Waals surface area contributed by atoms with Crippen molar-refractivity contribution in [3.63, 3.8) is 0 Å². The maximum absolute atomic E-state index is 9.09. The van der Waals surface area contributed by atoms with Crippen molar-refractivity contribution in [3.8, 4) is 0 Å². The molecule has 0 amide bonds. The van der Waals surface area contributed by atoms with Gasteiger partial charge in [-0.3, -0.25) is 0 Å². The van der Waals surface area contributed by atoms with Gasteiger partial charge in [-0.2, -0.15) is 0 Å².